The normalized spacial score (nSPS) is 21.5. The van der Waals surface area contributed by atoms with Crippen molar-refractivity contribution < 1.29 is 24.1 Å². The first kappa shape index (κ1) is 28.4. The van der Waals surface area contributed by atoms with Crippen LogP contribution >= 0.6 is 0 Å². The van der Waals surface area contributed by atoms with Gasteiger partial charge < -0.3 is 33.4 Å². The van der Waals surface area contributed by atoms with Gasteiger partial charge in [0.1, 0.15) is 18.0 Å². The first-order valence-corrected chi connectivity index (χ1v) is 13.9. The molecule has 5 rings (SSSR count). The maximum absolute atomic E-state index is 12.7. The third kappa shape index (κ3) is 6.29. The Morgan fingerprint density at radius 3 is 2.80 bits per heavy atom. The maximum Gasteiger partial charge on any atom is 0.326 e. The number of benzene rings is 1. The number of carbonyl (C=O) groups excluding carboxylic acids is 1. The standard InChI is InChI=1S/C29H39N5O6/c1-18-11-21(14-33(4)28(18)36)27-31-24-12-20(5-6-25(24)34(27)16-23-15-32(3)8-10-39-23)13-30-26(19(2)35)29(37)40-22-7-9-38-17-22/h5-6,11-12,14,19,22-23,26,30,35H,7-10,13,15-17H2,1-4H3/t19?,22-,23?,26?/m1/s1. The number of likely N-dealkylation sites (N-methyl/N-ethyl adjacent to an activating group) is 1. The molecule has 216 valence electrons. The van der Waals surface area contributed by atoms with E-state index in [2.05, 4.69) is 21.8 Å². The Hall–Kier alpha value is -3.09. The van der Waals surface area contributed by atoms with Gasteiger partial charge in [0.15, 0.2) is 0 Å². The average molecular weight is 554 g/mol. The van der Waals surface area contributed by atoms with Gasteiger partial charge >= 0.3 is 5.97 Å². The summed E-state index contributed by atoms with van der Waals surface area (Å²) >= 11 is 0. The van der Waals surface area contributed by atoms with Gasteiger partial charge in [-0.1, -0.05) is 6.07 Å². The number of hydrogen-bond donors (Lipinski definition) is 2. The molecule has 11 nitrogen and oxygen atoms in total. The van der Waals surface area contributed by atoms with E-state index >= 15 is 0 Å². The van der Waals surface area contributed by atoms with Crippen LogP contribution in [-0.4, -0.2) is 94.4 Å². The number of aliphatic hydroxyl groups is 1. The first-order valence-electron chi connectivity index (χ1n) is 13.9. The lowest BCUT2D eigenvalue weighted by Gasteiger charge is -2.30. The number of pyridine rings is 1. The largest absolute Gasteiger partial charge is 0.459 e. The molecular weight excluding hydrogens is 514 g/mol. The van der Waals surface area contributed by atoms with Crippen LogP contribution in [0.1, 0.15) is 24.5 Å². The molecule has 2 aliphatic heterocycles. The van der Waals surface area contributed by atoms with Crippen molar-refractivity contribution in [2.75, 3.05) is 40.0 Å². The van der Waals surface area contributed by atoms with Gasteiger partial charge in [-0.15, -0.1) is 0 Å². The zero-order valence-electron chi connectivity index (χ0n) is 23.6. The molecule has 0 amide bonds. The number of hydrogen-bond acceptors (Lipinski definition) is 9. The van der Waals surface area contributed by atoms with Gasteiger partial charge in [0.05, 0.1) is 49.6 Å². The maximum atomic E-state index is 12.7. The van der Waals surface area contributed by atoms with Crippen molar-refractivity contribution >= 4 is 17.0 Å². The number of aryl methyl sites for hydroxylation is 2. The van der Waals surface area contributed by atoms with Crippen LogP contribution in [0, 0.1) is 6.92 Å². The Balaban J connectivity index is 1.42. The Morgan fingerprint density at radius 2 is 2.10 bits per heavy atom. The van der Waals surface area contributed by atoms with Gasteiger partial charge in [-0.25, -0.2) is 4.98 Å². The van der Waals surface area contributed by atoms with Crippen LogP contribution in [0.4, 0.5) is 0 Å². The number of morpholine rings is 1. The summed E-state index contributed by atoms with van der Waals surface area (Å²) in [5, 5.41) is 13.4. The summed E-state index contributed by atoms with van der Waals surface area (Å²) in [6.07, 6.45) is 1.29. The molecule has 3 unspecified atom stereocenters. The molecule has 0 aliphatic carbocycles. The summed E-state index contributed by atoms with van der Waals surface area (Å²) in [4.78, 5) is 32.3. The van der Waals surface area contributed by atoms with Gasteiger partial charge in [-0.2, -0.15) is 0 Å². The van der Waals surface area contributed by atoms with Crippen molar-refractivity contribution in [3.8, 4) is 11.4 Å². The van der Waals surface area contributed by atoms with E-state index in [1.165, 1.54) is 0 Å². The summed E-state index contributed by atoms with van der Waals surface area (Å²) in [6.45, 7) is 7.71. The Kier molecular flexibility index (Phi) is 8.67. The van der Waals surface area contributed by atoms with E-state index in [1.54, 1.807) is 18.5 Å². The van der Waals surface area contributed by atoms with Crippen LogP contribution in [0.3, 0.4) is 0 Å². The highest BCUT2D eigenvalue weighted by Gasteiger charge is 2.29. The molecule has 2 aliphatic rings. The zero-order valence-corrected chi connectivity index (χ0v) is 23.6. The number of aromatic nitrogens is 3. The molecular formula is C29H39N5O6. The van der Waals surface area contributed by atoms with Crippen molar-refractivity contribution in [2.24, 2.45) is 7.05 Å². The van der Waals surface area contributed by atoms with Crippen LogP contribution in [0.15, 0.2) is 35.3 Å². The van der Waals surface area contributed by atoms with Gasteiger partial charge in [-0.05, 0) is 44.7 Å². The first-order chi connectivity index (χ1) is 19.2. The van der Waals surface area contributed by atoms with Crippen molar-refractivity contribution in [2.45, 2.75) is 57.7 Å². The number of fused-ring (bicyclic) bond motifs is 1. The number of rotatable bonds is 9. The lowest BCUT2D eigenvalue weighted by Crippen LogP contribution is -2.46. The van der Waals surface area contributed by atoms with E-state index in [9.17, 15) is 14.7 Å². The fraction of sp³-hybridized carbons (Fsp3) is 0.552. The van der Waals surface area contributed by atoms with Gasteiger partial charge in [0.2, 0.25) is 0 Å². The highest BCUT2D eigenvalue weighted by atomic mass is 16.6. The highest BCUT2D eigenvalue weighted by Crippen LogP contribution is 2.27. The van der Waals surface area contributed by atoms with Crippen molar-refractivity contribution in [1.29, 1.82) is 0 Å². The van der Waals surface area contributed by atoms with E-state index in [0.29, 0.717) is 44.9 Å². The van der Waals surface area contributed by atoms with Crippen LogP contribution in [0.2, 0.25) is 0 Å². The predicted octanol–water partition coefficient (Wildman–Crippen LogP) is 1.21. The van der Waals surface area contributed by atoms with Crippen LogP contribution in [0.5, 0.6) is 0 Å². The molecule has 0 bridgehead atoms. The molecule has 40 heavy (non-hydrogen) atoms. The number of esters is 1. The summed E-state index contributed by atoms with van der Waals surface area (Å²) in [6, 6.07) is 7.02. The minimum atomic E-state index is -0.925. The number of ether oxygens (including phenoxy) is 3. The van der Waals surface area contributed by atoms with Crippen LogP contribution in [-0.2, 0) is 39.1 Å². The van der Waals surface area contributed by atoms with E-state index in [0.717, 1.165) is 41.1 Å². The minimum absolute atomic E-state index is 0.00736. The molecule has 0 radical (unpaired) electrons. The zero-order chi connectivity index (χ0) is 28.4. The second kappa shape index (κ2) is 12.2. The highest BCUT2D eigenvalue weighted by molar-refractivity contribution is 5.81. The number of nitrogens with zero attached hydrogens (tertiary/aromatic N) is 4. The van der Waals surface area contributed by atoms with E-state index in [1.807, 2.05) is 37.4 Å². The van der Waals surface area contributed by atoms with E-state index in [4.69, 9.17) is 19.2 Å². The molecule has 11 heteroatoms. The predicted molar refractivity (Wildman–Crippen MR) is 150 cm³/mol. The SMILES string of the molecule is Cc1cc(-c2nc3cc(CNC(C(=O)O[C@@H]4CCOC4)C(C)O)ccc3n2CC2CN(C)CCO2)cn(C)c1=O. The number of imidazole rings is 1. The van der Waals surface area contributed by atoms with Gasteiger partial charge in [0, 0.05) is 50.4 Å². The van der Waals surface area contributed by atoms with E-state index in [-0.39, 0.29) is 17.8 Å². The molecule has 4 atom stereocenters. The Bertz CT molecular complexity index is 1380. The number of aliphatic hydroxyl groups excluding tert-OH is 1. The lowest BCUT2D eigenvalue weighted by molar-refractivity contribution is -0.154. The molecule has 1 aromatic carbocycles. The van der Waals surface area contributed by atoms with Crippen molar-refractivity contribution in [3.63, 3.8) is 0 Å². The second-order valence-corrected chi connectivity index (χ2v) is 11.0. The van der Waals surface area contributed by atoms with E-state index < -0.39 is 18.1 Å². The smallest absolute Gasteiger partial charge is 0.326 e. The number of nitrogens with one attached hydrogen (secondary N) is 1. The molecule has 2 N–H and O–H groups in total. The van der Waals surface area contributed by atoms with Crippen LogP contribution < -0.4 is 10.9 Å². The lowest BCUT2D eigenvalue weighted by atomic mass is 10.1. The minimum Gasteiger partial charge on any atom is -0.459 e. The molecule has 2 aromatic heterocycles. The monoisotopic (exact) mass is 553 g/mol. The van der Waals surface area contributed by atoms with Gasteiger partial charge in [-0.3, -0.25) is 14.9 Å². The molecule has 4 heterocycles. The fourth-order valence-electron chi connectivity index (χ4n) is 5.39. The molecule has 2 fully saturated rings. The molecule has 0 saturated carbocycles. The summed E-state index contributed by atoms with van der Waals surface area (Å²) in [7, 11) is 3.84. The van der Waals surface area contributed by atoms with Crippen molar-refractivity contribution in [1.82, 2.24) is 24.3 Å². The topological polar surface area (TPSA) is 120 Å². The van der Waals surface area contributed by atoms with Crippen molar-refractivity contribution in [3.05, 3.63) is 51.9 Å². The number of carbonyl (C=O) groups is 1. The van der Waals surface area contributed by atoms with Gasteiger partial charge in [0.25, 0.3) is 5.56 Å². The Labute approximate surface area is 233 Å². The molecule has 3 aromatic rings. The summed E-state index contributed by atoms with van der Waals surface area (Å²) in [5.41, 5.74) is 4.13. The van der Waals surface area contributed by atoms with Crippen LogP contribution in [0.25, 0.3) is 22.4 Å². The summed E-state index contributed by atoms with van der Waals surface area (Å²) in [5.74, 6) is 0.278. The molecule has 0 spiro atoms. The quantitative estimate of drug-likeness (QED) is 0.377. The fourth-order valence-corrected chi connectivity index (χ4v) is 5.39. The third-order valence-corrected chi connectivity index (χ3v) is 7.59. The third-order valence-electron chi connectivity index (χ3n) is 7.59. The molecule has 2 saturated heterocycles. The Morgan fingerprint density at radius 1 is 1.27 bits per heavy atom. The summed E-state index contributed by atoms with van der Waals surface area (Å²) < 4.78 is 20.6. The second-order valence-electron chi connectivity index (χ2n) is 11.0. The average Bonchev–Trinajstić information content (AvgIpc) is 3.54.